The lowest BCUT2D eigenvalue weighted by Crippen LogP contribution is -2.47. The van der Waals surface area contributed by atoms with Crippen LogP contribution in [0.4, 0.5) is 19.3 Å². The standard InChI is InChI=1S/C16H14F2N2O/c17-11-4-3-5-12(10-11)19-16(21)20-9-8-15(20)13-6-1-2-7-14(13)18/h1-7,10,15H,8-9H2,(H,19,21). The molecule has 1 N–H and O–H groups in total. The monoisotopic (exact) mass is 288 g/mol. The van der Waals surface area contributed by atoms with E-state index in [4.69, 9.17) is 0 Å². The summed E-state index contributed by atoms with van der Waals surface area (Å²) in [6, 6.07) is 11.5. The lowest BCUT2D eigenvalue weighted by atomic mass is 9.95. The van der Waals surface area contributed by atoms with Gasteiger partial charge in [0.05, 0.1) is 6.04 Å². The predicted molar refractivity (Wildman–Crippen MR) is 75.9 cm³/mol. The summed E-state index contributed by atoms with van der Waals surface area (Å²) in [5.41, 5.74) is 0.900. The molecule has 0 spiro atoms. The van der Waals surface area contributed by atoms with Gasteiger partial charge in [0, 0.05) is 17.8 Å². The fraction of sp³-hybridized carbons (Fsp3) is 0.188. The summed E-state index contributed by atoms with van der Waals surface area (Å²) in [5.74, 6) is -0.729. The topological polar surface area (TPSA) is 32.3 Å². The first-order chi connectivity index (χ1) is 10.1. The average molecular weight is 288 g/mol. The van der Waals surface area contributed by atoms with E-state index < -0.39 is 5.82 Å². The van der Waals surface area contributed by atoms with Crippen molar-refractivity contribution < 1.29 is 13.6 Å². The average Bonchev–Trinajstić information content (AvgIpc) is 2.40. The molecule has 1 aliphatic rings. The number of carbonyl (C=O) groups is 1. The molecule has 0 aliphatic carbocycles. The maximum atomic E-state index is 13.8. The molecule has 2 amide bonds. The molecule has 3 nitrogen and oxygen atoms in total. The van der Waals surface area contributed by atoms with Crippen LogP contribution in [0.2, 0.25) is 0 Å². The number of carbonyl (C=O) groups excluding carboxylic acids is 1. The molecule has 1 fully saturated rings. The van der Waals surface area contributed by atoms with Crippen LogP contribution in [0.5, 0.6) is 0 Å². The molecule has 3 rings (SSSR count). The van der Waals surface area contributed by atoms with E-state index in [1.165, 1.54) is 24.3 Å². The normalized spacial score (nSPS) is 17.2. The summed E-state index contributed by atoms with van der Waals surface area (Å²) >= 11 is 0. The summed E-state index contributed by atoms with van der Waals surface area (Å²) in [5, 5.41) is 2.63. The second-order valence-corrected chi connectivity index (χ2v) is 4.96. The summed E-state index contributed by atoms with van der Waals surface area (Å²) in [7, 11) is 0. The quantitative estimate of drug-likeness (QED) is 0.891. The third-order valence-corrected chi connectivity index (χ3v) is 3.62. The first-order valence-electron chi connectivity index (χ1n) is 6.73. The van der Waals surface area contributed by atoms with Crippen molar-refractivity contribution in [3.8, 4) is 0 Å². The van der Waals surface area contributed by atoms with E-state index >= 15 is 0 Å². The molecule has 0 bridgehead atoms. The summed E-state index contributed by atoms with van der Waals surface area (Å²) in [6.45, 7) is 0.556. The van der Waals surface area contributed by atoms with Crippen LogP contribution in [0.15, 0.2) is 48.5 Å². The van der Waals surface area contributed by atoms with Gasteiger partial charge in [-0.3, -0.25) is 0 Å². The number of hydrogen-bond acceptors (Lipinski definition) is 1. The second kappa shape index (κ2) is 5.52. The van der Waals surface area contributed by atoms with Crippen molar-refractivity contribution in [1.82, 2.24) is 4.90 Å². The van der Waals surface area contributed by atoms with Gasteiger partial charge in [-0.15, -0.1) is 0 Å². The fourth-order valence-corrected chi connectivity index (χ4v) is 2.46. The van der Waals surface area contributed by atoms with Gasteiger partial charge in [0.2, 0.25) is 0 Å². The van der Waals surface area contributed by atoms with Crippen molar-refractivity contribution in [1.29, 1.82) is 0 Å². The summed E-state index contributed by atoms with van der Waals surface area (Å²) in [4.78, 5) is 13.7. The maximum Gasteiger partial charge on any atom is 0.322 e. The molecule has 21 heavy (non-hydrogen) atoms. The number of anilines is 1. The van der Waals surface area contributed by atoms with Crippen molar-refractivity contribution in [3.63, 3.8) is 0 Å². The SMILES string of the molecule is O=C(Nc1cccc(F)c1)N1CCC1c1ccccc1F. The molecular weight excluding hydrogens is 274 g/mol. The number of hydrogen-bond donors (Lipinski definition) is 1. The van der Waals surface area contributed by atoms with Gasteiger partial charge in [-0.2, -0.15) is 0 Å². The zero-order valence-electron chi connectivity index (χ0n) is 11.2. The molecule has 1 atom stereocenters. The highest BCUT2D eigenvalue weighted by molar-refractivity contribution is 5.90. The molecule has 1 unspecified atom stereocenters. The Labute approximate surface area is 121 Å². The van der Waals surface area contributed by atoms with Crippen LogP contribution in [0.1, 0.15) is 18.0 Å². The first kappa shape index (κ1) is 13.5. The van der Waals surface area contributed by atoms with Gasteiger partial charge in [0.1, 0.15) is 11.6 Å². The lowest BCUT2D eigenvalue weighted by Gasteiger charge is -2.41. The third-order valence-electron chi connectivity index (χ3n) is 3.62. The Morgan fingerprint density at radius 1 is 1.14 bits per heavy atom. The van der Waals surface area contributed by atoms with Crippen molar-refractivity contribution >= 4 is 11.7 Å². The number of halogens is 2. The number of rotatable bonds is 2. The maximum absolute atomic E-state index is 13.8. The molecule has 0 saturated carbocycles. The zero-order valence-corrected chi connectivity index (χ0v) is 11.2. The Hall–Kier alpha value is -2.43. The molecule has 2 aromatic carbocycles. The van der Waals surface area contributed by atoms with Crippen molar-refractivity contribution in [2.24, 2.45) is 0 Å². The Bertz CT molecular complexity index is 675. The smallest absolute Gasteiger partial charge is 0.317 e. The second-order valence-electron chi connectivity index (χ2n) is 4.96. The molecule has 0 aromatic heterocycles. The molecule has 0 radical (unpaired) electrons. The zero-order chi connectivity index (χ0) is 14.8. The van der Waals surface area contributed by atoms with E-state index in [-0.39, 0.29) is 17.9 Å². The van der Waals surface area contributed by atoms with Crippen LogP contribution in [0.3, 0.4) is 0 Å². The number of urea groups is 1. The summed E-state index contributed by atoms with van der Waals surface area (Å²) < 4.78 is 26.9. The van der Waals surface area contributed by atoms with Crippen molar-refractivity contribution in [2.75, 3.05) is 11.9 Å². The number of amides is 2. The molecule has 1 heterocycles. The Kier molecular flexibility index (Phi) is 3.56. The Morgan fingerprint density at radius 2 is 1.95 bits per heavy atom. The van der Waals surface area contributed by atoms with Crippen LogP contribution in [-0.2, 0) is 0 Å². The van der Waals surface area contributed by atoms with Gasteiger partial charge in [0.25, 0.3) is 0 Å². The Balaban J connectivity index is 1.73. The van der Waals surface area contributed by atoms with Crippen LogP contribution in [-0.4, -0.2) is 17.5 Å². The lowest BCUT2D eigenvalue weighted by molar-refractivity contribution is 0.124. The highest BCUT2D eigenvalue weighted by atomic mass is 19.1. The van der Waals surface area contributed by atoms with Gasteiger partial charge in [-0.25, -0.2) is 13.6 Å². The number of nitrogens with one attached hydrogen (secondary N) is 1. The van der Waals surface area contributed by atoms with Crippen molar-refractivity contribution in [3.05, 3.63) is 65.7 Å². The van der Waals surface area contributed by atoms with Gasteiger partial charge < -0.3 is 10.2 Å². The van der Waals surface area contributed by atoms with Gasteiger partial charge in [-0.1, -0.05) is 24.3 Å². The minimum atomic E-state index is -0.415. The largest absolute Gasteiger partial charge is 0.322 e. The molecule has 1 saturated heterocycles. The predicted octanol–water partition coefficient (Wildman–Crippen LogP) is 3.94. The van der Waals surface area contributed by atoms with Crippen molar-refractivity contribution in [2.45, 2.75) is 12.5 Å². The van der Waals surface area contributed by atoms with E-state index in [1.54, 1.807) is 29.2 Å². The fourth-order valence-electron chi connectivity index (χ4n) is 2.46. The minimum Gasteiger partial charge on any atom is -0.317 e. The summed E-state index contributed by atoms with van der Waals surface area (Å²) in [6.07, 6.45) is 0.720. The highest BCUT2D eigenvalue weighted by Crippen LogP contribution is 2.34. The van der Waals surface area contributed by atoms with E-state index in [1.807, 2.05) is 0 Å². The molecule has 1 aliphatic heterocycles. The number of benzene rings is 2. The molecule has 2 aromatic rings. The van der Waals surface area contributed by atoms with E-state index in [0.717, 1.165) is 6.42 Å². The van der Waals surface area contributed by atoms with Crippen LogP contribution >= 0.6 is 0 Å². The molecule has 5 heteroatoms. The van der Waals surface area contributed by atoms with Gasteiger partial charge in [0.15, 0.2) is 0 Å². The van der Waals surface area contributed by atoms with Crippen LogP contribution < -0.4 is 5.32 Å². The number of likely N-dealkylation sites (tertiary alicyclic amines) is 1. The van der Waals surface area contributed by atoms with E-state index in [9.17, 15) is 13.6 Å². The Morgan fingerprint density at radius 3 is 2.62 bits per heavy atom. The van der Waals surface area contributed by atoms with Gasteiger partial charge in [-0.05, 0) is 30.7 Å². The highest BCUT2D eigenvalue weighted by Gasteiger charge is 2.34. The van der Waals surface area contributed by atoms with Gasteiger partial charge >= 0.3 is 6.03 Å². The minimum absolute atomic E-state index is 0.264. The van der Waals surface area contributed by atoms with E-state index in [2.05, 4.69) is 5.32 Å². The van der Waals surface area contributed by atoms with Crippen LogP contribution in [0, 0.1) is 11.6 Å². The third kappa shape index (κ3) is 2.72. The molecular formula is C16H14F2N2O. The first-order valence-corrected chi connectivity index (χ1v) is 6.73. The van der Waals surface area contributed by atoms with E-state index in [0.29, 0.717) is 17.8 Å². The molecule has 108 valence electrons. The van der Waals surface area contributed by atoms with Crippen LogP contribution in [0.25, 0.3) is 0 Å². The number of nitrogens with zero attached hydrogens (tertiary/aromatic N) is 1.